The van der Waals surface area contributed by atoms with Gasteiger partial charge >= 0.3 is 0 Å². The number of fused-ring (bicyclic) bond motifs is 2. The number of H-pyrrole nitrogens is 1. The van der Waals surface area contributed by atoms with Crippen molar-refractivity contribution >= 4 is 45.3 Å². The van der Waals surface area contributed by atoms with Crippen LogP contribution in [0.2, 0.25) is 0 Å². The molecule has 0 saturated heterocycles. The first-order chi connectivity index (χ1) is 24.1. The molecular weight excluding hydrogens is 628 g/mol. The zero-order valence-electron chi connectivity index (χ0n) is 29.2. The van der Waals surface area contributed by atoms with Gasteiger partial charge in [0, 0.05) is 43.7 Å². The number of amides is 4. The van der Waals surface area contributed by atoms with Crippen LogP contribution in [0.5, 0.6) is 0 Å². The van der Waals surface area contributed by atoms with E-state index in [0.717, 1.165) is 45.9 Å². The van der Waals surface area contributed by atoms with Crippen LogP contribution in [0.1, 0.15) is 39.9 Å². The van der Waals surface area contributed by atoms with Gasteiger partial charge in [-0.05, 0) is 62.0 Å². The molecule has 260 valence electrons. The standard InChI is InChI=1S/C40H46N6O4/c1-27-14-16-28(17-15-27)26-46(4)40(50)36(23-29-18-19-30-10-5-6-11-31(30)22-29)44-39(49)35(24-37(47)41-20-9-21-45(2)3)43-38(48)33-25-42-34-13-8-7-12-32(33)34/h5-8,10-19,22,25,35-36,42H,9,20-21,23-24,26H2,1-4H3,(H,41,47)(H,43,48)(H,44,49)/t35-,36-/m0/s1. The molecule has 50 heavy (non-hydrogen) atoms. The van der Waals surface area contributed by atoms with E-state index >= 15 is 0 Å². The quantitative estimate of drug-likeness (QED) is 0.121. The van der Waals surface area contributed by atoms with Crippen LogP contribution in [0.15, 0.2) is 97.2 Å². The van der Waals surface area contributed by atoms with E-state index in [0.29, 0.717) is 24.0 Å². The molecule has 1 heterocycles. The summed E-state index contributed by atoms with van der Waals surface area (Å²) >= 11 is 0. The molecule has 0 aliphatic carbocycles. The third-order valence-electron chi connectivity index (χ3n) is 8.73. The Morgan fingerprint density at radius 2 is 1.48 bits per heavy atom. The molecule has 0 unspecified atom stereocenters. The van der Waals surface area contributed by atoms with E-state index in [9.17, 15) is 19.2 Å². The topological polar surface area (TPSA) is 127 Å². The number of aromatic amines is 1. The van der Waals surface area contributed by atoms with Crippen molar-refractivity contribution in [3.63, 3.8) is 0 Å². The van der Waals surface area contributed by atoms with Crippen LogP contribution in [0.4, 0.5) is 0 Å². The zero-order chi connectivity index (χ0) is 35.6. The molecule has 2 atom stereocenters. The van der Waals surface area contributed by atoms with Gasteiger partial charge in [0.05, 0.1) is 12.0 Å². The average molecular weight is 675 g/mol. The maximum Gasteiger partial charge on any atom is 0.254 e. The van der Waals surface area contributed by atoms with Crippen LogP contribution in [0.25, 0.3) is 21.7 Å². The summed E-state index contributed by atoms with van der Waals surface area (Å²) in [6, 6.07) is 27.0. The van der Waals surface area contributed by atoms with E-state index in [-0.39, 0.29) is 24.7 Å². The molecule has 0 spiro atoms. The van der Waals surface area contributed by atoms with Crippen molar-refractivity contribution in [3.05, 3.63) is 119 Å². The van der Waals surface area contributed by atoms with Gasteiger partial charge in [-0.15, -0.1) is 0 Å². The summed E-state index contributed by atoms with van der Waals surface area (Å²) in [5, 5.41) is 11.4. The van der Waals surface area contributed by atoms with Gasteiger partial charge in [0.25, 0.3) is 5.91 Å². The summed E-state index contributed by atoms with van der Waals surface area (Å²) in [5.41, 5.74) is 4.06. The number of nitrogens with one attached hydrogen (secondary N) is 4. The van der Waals surface area contributed by atoms with Crippen LogP contribution in [-0.4, -0.2) is 84.7 Å². The zero-order valence-corrected chi connectivity index (χ0v) is 29.2. The Labute approximate surface area is 293 Å². The average Bonchev–Trinajstić information content (AvgIpc) is 3.54. The molecule has 0 bridgehead atoms. The summed E-state index contributed by atoms with van der Waals surface area (Å²) in [4.78, 5) is 61.6. The Bertz CT molecular complexity index is 1950. The Balaban J connectivity index is 1.39. The number of aryl methyl sites for hydroxylation is 1. The second kappa shape index (κ2) is 16.8. The van der Waals surface area contributed by atoms with Crippen molar-refractivity contribution in [3.8, 4) is 0 Å². The minimum absolute atomic E-state index is 0.216. The number of benzene rings is 4. The molecule has 0 aliphatic rings. The van der Waals surface area contributed by atoms with Crippen LogP contribution in [0, 0.1) is 6.92 Å². The van der Waals surface area contributed by atoms with Gasteiger partial charge in [-0.2, -0.15) is 0 Å². The number of aromatic nitrogens is 1. The number of hydrogen-bond acceptors (Lipinski definition) is 5. The molecule has 1 aromatic heterocycles. The summed E-state index contributed by atoms with van der Waals surface area (Å²) in [7, 11) is 5.62. The number of para-hydroxylation sites is 1. The fraction of sp³-hybridized carbons (Fsp3) is 0.300. The van der Waals surface area contributed by atoms with Gasteiger partial charge in [-0.3, -0.25) is 19.2 Å². The predicted molar refractivity (Wildman–Crippen MR) is 198 cm³/mol. The van der Waals surface area contributed by atoms with Crippen LogP contribution >= 0.6 is 0 Å². The lowest BCUT2D eigenvalue weighted by molar-refractivity contribution is -0.136. The van der Waals surface area contributed by atoms with Crippen molar-refractivity contribution in [1.82, 2.24) is 30.7 Å². The van der Waals surface area contributed by atoms with Crippen molar-refractivity contribution in [1.29, 1.82) is 0 Å². The normalized spacial score (nSPS) is 12.4. The fourth-order valence-corrected chi connectivity index (χ4v) is 5.97. The lowest BCUT2D eigenvalue weighted by Gasteiger charge is -2.27. The first-order valence-electron chi connectivity index (χ1n) is 16.9. The number of rotatable bonds is 15. The maximum atomic E-state index is 14.1. The first-order valence-corrected chi connectivity index (χ1v) is 16.9. The summed E-state index contributed by atoms with van der Waals surface area (Å²) in [6.07, 6.45) is 2.24. The molecule has 4 N–H and O–H groups in total. The van der Waals surface area contributed by atoms with Gasteiger partial charge in [0.2, 0.25) is 17.7 Å². The summed E-state index contributed by atoms with van der Waals surface area (Å²) in [5.74, 6) is -1.79. The molecular formula is C40H46N6O4. The van der Waals surface area contributed by atoms with Crippen molar-refractivity contribution in [2.45, 2.75) is 44.8 Å². The van der Waals surface area contributed by atoms with E-state index in [2.05, 4.69) is 20.9 Å². The molecule has 10 heteroatoms. The molecule has 0 aliphatic heterocycles. The molecule has 0 fully saturated rings. The maximum absolute atomic E-state index is 14.1. The smallest absolute Gasteiger partial charge is 0.254 e. The second-order valence-electron chi connectivity index (χ2n) is 13.1. The SMILES string of the molecule is Cc1ccc(CN(C)C(=O)[C@H](Cc2ccc3ccccc3c2)NC(=O)[C@H](CC(=O)NCCCN(C)C)NC(=O)c2c[nH]c3ccccc23)cc1. The van der Waals surface area contributed by atoms with E-state index in [1.807, 2.05) is 117 Å². The van der Waals surface area contributed by atoms with E-state index in [4.69, 9.17) is 0 Å². The first kappa shape index (κ1) is 35.8. The van der Waals surface area contributed by atoms with E-state index in [1.54, 1.807) is 18.1 Å². The van der Waals surface area contributed by atoms with Crippen LogP contribution in [0.3, 0.4) is 0 Å². The Hall–Kier alpha value is -5.48. The number of nitrogens with zero attached hydrogens (tertiary/aromatic N) is 2. The highest BCUT2D eigenvalue weighted by Crippen LogP contribution is 2.19. The van der Waals surface area contributed by atoms with Gasteiger partial charge in [0.15, 0.2) is 0 Å². The number of carbonyl (C=O) groups is 4. The highest BCUT2D eigenvalue weighted by Gasteiger charge is 2.31. The summed E-state index contributed by atoms with van der Waals surface area (Å²) in [6.45, 7) is 3.57. The van der Waals surface area contributed by atoms with Gasteiger partial charge in [-0.1, -0.05) is 90.5 Å². The van der Waals surface area contributed by atoms with Crippen molar-refractivity contribution < 1.29 is 19.2 Å². The number of likely N-dealkylation sites (N-methyl/N-ethyl adjacent to an activating group) is 1. The molecule has 5 rings (SSSR count). The Kier molecular flexibility index (Phi) is 12.0. The predicted octanol–water partition coefficient (Wildman–Crippen LogP) is 4.57. The van der Waals surface area contributed by atoms with E-state index in [1.165, 1.54) is 0 Å². The van der Waals surface area contributed by atoms with Gasteiger partial charge in [0.1, 0.15) is 12.1 Å². The fourth-order valence-electron chi connectivity index (χ4n) is 5.97. The minimum Gasteiger partial charge on any atom is -0.360 e. The third-order valence-corrected chi connectivity index (χ3v) is 8.73. The number of carbonyl (C=O) groups excluding carboxylic acids is 4. The van der Waals surface area contributed by atoms with E-state index < -0.39 is 23.9 Å². The van der Waals surface area contributed by atoms with Crippen molar-refractivity contribution in [2.24, 2.45) is 0 Å². The Morgan fingerprint density at radius 3 is 2.24 bits per heavy atom. The molecule has 5 aromatic rings. The minimum atomic E-state index is -1.24. The molecule has 0 saturated carbocycles. The Morgan fingerprint density at radius 1 is 0.780 bits per heavy atom. The number of hydrogen-bond donors (Lipinski definition) is 4. The van der Waals surface area contributed by atoms with Crippen LogP contribution in [-0.2, 0) is 27.3 Å². The molecule has 0 radical (unpaired) electrons. The monoisotopic (exact) mass is 674 g/mol. The highest BCUT2D eigenvalue weighted by atomic mass is 16.2. The van der Waals surface area contributed by atoms with Gasteiger partial charge < -0.3 is 30.7 Å². The molecule has 4 amide bonds. The lowest BCUT2D eigenvalue weighted by Crippen LogP contribution is -2.55. The van der Waals surface area contributed by atoms with Crippen LogP contribution < -0.4 is 16.0 Å². The van der Waals surface area contributed by atoms with Crippen molar-refractivity contribution in [2.75, 3.05) is 34.2 Å². The summed E-state index contributed by atoms with van der Waals surface area (Å²) < 4.78 is 0. The largest absolute Gasteiger partial charge is 0.360 e. The highest BCUT2D eigenvalue weighted by molar-refractivity contribution is 6.08. The van der Waals surface area contributed by atoms with Gasteiger partial charge in [-0.25, -0.2) is 0 Å². The molecule has 10 nitrogen and oxygen atoms in total. The molecule has 4 aromatic carbocycles. The second-order valence-corrected chi connectivity index (χ2v) is 13.1. The lowest BCUT2D eigenvalue weighted by atomic mass is 10.00. The third kappa shape index (κ3) is 9.57.